The smallest absolute Gasteiger partial charge is 0.258 e. The van der Waals surface area contributed by atoms with E-state index in [0.717, 1.165) is 30.6 Å². The van der Waals surface area contributed by atoms with Gasteiger partial charge >= 0.3 is 0 Å². The topological polar surface area (TPSA) is 83.4 Å². The zero-order valence-electron chi connectivity index (χ0n) is 11.4. The molecule has 1 aliphatic heterocycles. The highest BCUT2D eigenvalue weighted by atomic mass is 35.5. The second kappa shape index (κ2) is 5.20. The maximum Gasteiger partial charge on any atom is 0.258 e. The first-order chi connectivity index (χ1) is 9.74. The molecule has 0 spiro atoms. The summed E-state index contributed by atoms with van der Waals surface area (Å²) in [5.74, 6) is 2.51. The summed E-state index contributed by atoms with van der Waals surface area (Å²) in [6, 6.07) is 5.60. The van der Waals surface area contributed by atoms with Crippen LogP contribution in [-0.4, -0.2) is 23.4 Å². The number of rotatable bonds is 2. The van der Waals surface area contributed by atoms with Gasteiger partial charge in [-0.1, -0.05) is 5.16 Å². The lowest BCUT2D eigenvalue weighted by atomic mass is 9.77. The molecule has 6 nitrogen and oxygen atoms in total. The average Bonchev–Trinajstić information content (AvgIpc) is 2.94. The number of fused-ring (bicyclic) bond motifs is 1. The standard InChI is InChI=1S/C14H15N3O3.ClH/c15-14(4-1-5-14)13-16-12(20-17-13)9-2-3-10-11(8-9)19-7-6-18-10;/h2-3,8H,1,4-7,15H2;1H. The molecule has 112 valence electrons. The van der Waals surface area contributed by atoms with E-state index in [4.69, 9.17) is 19.7 Å². The van der Waals surface area contributed by atoms with Gasteiger partial charge in [0.2, 0.25) is 0 Å². The molecule has 1 fully saturated rings. The van der Waals surface area contributed by atoms with Gasteiger partial charge in [0.25, 0.3) is 5.89 Å². The van der Waals surface area contributed by atoms with E-state index in [9.17, 15) is 0 Å². The van der Waals surface area contributed by atoms with Crippen molar-refractivity contribution in [1.29, 1.82) is 0 Å². The van der Waals surface area contributed by atoms with Crippen LogP contribution < -0.4 is 15.2 Å². The Morgan fingerprint density at radius 3 is 2.57 bits per heavy atom. The van der Waals surface area contributed by atoms with E-state index in [1.165, 1.54) is 0 Å². The van der Waals surface area contributed by atoms with Crippen LogP contribution in [0.5, 0.6) is 11.5 Å². The maximum atomic E-state index is 6.20. The van der Waals surface area contributed by atoms with E-state index in [0.29, 0.717) is 30.7 Å². The van der Waals surface area contributed by atoms with Crippen LogP contribution in [-0.2, 0) is 5.54 Å². The first-order valence-electron chi connectivity index (χ1n) is 6.78. The predicted octanol–water partition coefficient (Wildman–Crippen LogP) is 2.27. The van der Waals surface area contributed by atoms with Gasteiger partial charge in [0.1, 0.15) is 13.2 Å². The molecule has 0 unspecified atom stereocenters. The first-order valence-corrected chi connectivity index (χ1v) is 6.78. The number of aromatic nitrogens is 2. The monoisotopic (exact) mass is 309 g/mol. The Morgan fingerprint density at radius 2 is 1.86 bits per heavy atom. The third-order valence-electron chi connectivity index (χ3n) is 3.91. The number of hydrogen-bond acceptors (Lipinski definition) is 6. The van der Waals surface area contributed by atoms with Crippen molar-refractivity contribution in [3.8, 4) is 23.0 Å². The zero-order chi connectivity index (χ0) is 13.6. The fourth-order valence-electron chi connectivity index (χ4n) is 2.50. The molecule has 2 heterocycles. The van der Waals surface area contributed by atoms with Crippen LogP contribution in [0.1, 0.15) is 25.1 Å². The molecule has 0 radical (unpaired) electrons. The molecule has 2 N–H and O–H groups in total. The van der Waals surface area contributed by atoms with E-state index < -0.39 is 5.54 Å². The molecule has 0 bridgehead atoms. The molecule has 21 heavy (non-hydrogen) atoms. The fraction of sp³-hybridized carbons (Fsp3) is 0.429. The molecule has 7 heteroatoms. The molecule has 2 aliphatic rings. The first kappa shape index (κ1) is 14.2. The van der Waals surface area contributed by atoms with E-state index in [1.807, 2.05) is 18.2 Å². The van der Waals surface area contributed by atoms with Crippen LogP contribution in [0.3, 0.4) is 0 Å². The summed E-state index contributed by atoms with van der Waals surface area (Å²) in [4.78, 5) is 4.42. The lowest BCUT2D eigenvalue weighted by Gasteiger charge is -2.34. The van der Waals surface area contributed by atoms with Gasteiger partial charge in [0.05, 0.1) is 5.54 Å². The van der Waals surface area contributed by atoms with Gasteiger partial charge in [-0.15, -0.1) is 12.4 Å². The Labute approximate surface area is 128 Å². The van der Waals surface area contributed by atoms with Gasteiger partial charge in [-0.05, 0) is 37.5 Å². The van der Waals surface area contributed by atoms with Gasteiger partial charge in [-0.2, -0.15) is 4.98 Å². The van der Waals surface area contributed by atoms with Crippen LogP contribution in [0, 0.1) is 0 Å². The Kier molecular flexibility index (Phi) is 3.51. The Hall–Kier alpha value is -1.79. The molecule has 4 rings (SSSR count). The van der Waals surface area contributed by atoms with Crippen molar-refractivity contribution in [3.63, 3.8) is 0 Å². The lowest BCUT2D eigenvalue weighted by molar-refractivity contribution is 0.171. The zero-order valence-corrected chi connectivity index (χ0v) is 12.2. The third kappa shape index (κ3) is 2.34. The molecule has 0 atom stereocenters. The second-order valence-electron chi connectivity index (χ2n) is 5.29. The third-order valence-corrected chi connectivity index (χ3v) is 3.91. The van der Waals surface area contributed by atoms with Crippen LogP contribution in [0.2, 0.25) is 0 Å². The normalized spacial score (nSPS) is 18.5. The predicted molar refractivity (Wildman–Crippen MR) is 77.7 cm³/mol. The van der Waals surface area contributed by atoms with Crippen molar-refractivity contribution in [2.24, 2.45) is 5.73 Å². The van der Waals surface area contributed by atoms with Crippen LogP contribution in [0.15, 0.2) is 22.7 Å². The molecule has 1 aliphatic carbocycles. The van der Waals surface area contributed by atoms with Crippen molar-refractivity contribution >= 4 is 12.4 Å². The number of hydrogen-bond donors (Lipinski definition) is 1. The molecular weight excluding hydrogens is 294 g/mol. The minimum absolute atomic E-state index is 0. The molecule has 2 aromatic rings. The van der Waals surface area contributed by atoms with Crippen molar-refractivity contribution in [2.45, 2.75) is 24.8 Å². The lowest BCUT2D eigenvalue weighted by Crippen LogP contribution is -2.44. The summed E-state index contributed by atoms with van der Waals surface area (Å²) in [5.41, 5.74) is 6.61. The number of nitrogens with zero attached hydrogens (tertiary/aromatic N) is 2. The quantitative estimate of drug-likeness (QED) is 0.916. The Bertz CT molecular complexity index is 655. The Balaban J connectivity index is 0.00000132. The highest BCUT2D eigenvalue weighted by molar-refractivity contribution is 5.85. The van der Waals surface area contributed by atoms with Crippen LogP contribution in [0.4, 0.5) is 0 Å². The fourth-order valence-corrected chi connectivity index (χ4v) is 2.50. The minimum atomic E-state index is -0.407. The highest BCUT2D eigenvalue weighted by Gasteiger charge is 2.39. The largest absolute Gasteiger partial charge is 0.486 e. The van der Waals surface area contributed by atoms with E-state index >= 15 is 0 Å². The van der Waals surface area contributed by atoms with Crippen molar-refractivity contribution in [1.82, 2.24) is 10.1 Å². The van der Waals surface area contributed by atoms with Crippen molar-refractivity contribution in [2.75, 3.05) is 13.2 Å². The average molecular weight is 310 g/mol. The van der Waals surface area contributed by atoms with Crippen LogP contribution in [0.25, 0.3) is 11.5 Å². The molecule has 0 amide bonds. The summed E-state index contributed by atoms with van der Waals surface area (Å²) in [6.45, 7) is 1.13. The highest BCUT2D eigenvalue weighted by Crippen LogP contribution is 2.38. The van der Waals surface area contributed by atoms with Crippen LogP contribution >= 0.6 is 12.4 Å². The molecule has 1 saturated carbocycles. The van der Waals surface area contributed by atoms with E-state index in [1.54, 1.807) is 0 Å². The minimum Gasteiger partial charge on any atom is -0.486 e. The van der Waals surface area contributed by atoms with Gasteiger partial charge in [-0.25, -0.2) is 0 Å². The van der Waals surface area contributed by atoms with Crippen molar-refractivity contribution < 1.29 is 14.0 Å². The summed E-state index contributed by atoms with van der Waals surface area (Å²) < 4.78 is 16.4. The number of nitrogens with two attached hydrogens (primary N) is 1. The molecule has 1 aromatic carbocycles. The summed E-state index contributed by atoms with van der Waals surface area (Å²) in [5, 5.41) is 4.02. The van der Waals surface area contributed by atoms with Gasteiger partial charge in [0, 0.05) is 5.56 Å². The van der Waals surface area contributed by atoms with Gasteiger partial charge < -0.3 is 19.7 Å². The van der Waals surface area contributed by atoms with Gasteiger partial charge in [-0.3, -0.25) is 0 Å². The van der Waals surface area contributed by atoms with Gasteiger partial charge in [0.15, 0.2) is 17.3 Å². The second-order valence-corrected chi connectivity index (χ2v) is 5.29. The molecule has 0 saturated heterocycles. The summed E-state index contributed by atoms with van der Waals surface area (Å²) in [6.07, 6.45) is 2.94. The van der Waals surface area contributed by atoms with Crippen molar-refractivity contribution in [3.05, 3.63) is 24.0 Å². The maximum absolute atomic E-state index is 6.20. The number of halogens is 1. The Morgan fingerprint density at radius 1 is 1.10 bits per heavy atom. The number of benzene rings is 1. The van der Waals surface area contributed by atoms with E-state index in [-0.39, 0.29) is 12.4 Å². The molecular formula is C14H16ClN3O3. The SMILES string of the molecule is Cl.NC1(c2noc(-c3ccc4c(c3)OCCO4)n2)CCC1. The summed E-state index contributed by atoms with van der Waals surface area (Å²) in [7, 11) is 0. The van der Waals surface area contributed by atoms with E-state index in [2.05, 4.69) is 10.1 Å². The molecule has 1 aromatic heterocycles. The number of ether oxygens (including phenoxy) is 2. The summed E-state index contributed by atoms with van der Waals surface area (Å²) >= 11 is 0.